The van der Waals surface area contributed by atoms with E-state index in [1.807, 2.05) is 6.07 Å². The SMILES string of the molecule is C[C@H](O)CNC(=O)C(=O)NC[C@@H](c1ccco1)[NH+]1CCOCC1. The molecular weight excluding hydrogens is 302 g/mol. The zero-order chi connectivity index (χ0) is 16.7. The molecule has 0 saturated carbocycles. The van der Waals surface area contributed by atoms with Crippen LogP contribution in [-0.4, -0.2) is 62.4 Å². The van der Waals surface area contributed by atoms with Crippen molar-refractivity contribution in [3.8, 4) is 0 Å². The molecule has 1 aromatic rings. The molecule has 2 heterocycles. The summed E-state index contributed by atoms with van der Waals surface area (Å²) in [6.45, 7) is 4.83. The average Bonchev–Trinajstić information content (AvgIpc) is 3.07. The Kier molecular flexibility index (Phi) is 6.57. The van der Waals surface area contributed by atoms with Crippen LogP contribution in [0.25, 0.3) is 0 Å². The smallest absolute Gasteiger partial charge is 0.309 e. The van der Waals surface area contributed by atoms with E-state index in [1.165, 1.54) is 11.8 Å². The lowest BCUT2D eigenvalue weighted by molar-refractivity contribution is -0.938. The van der Waals surface area contributed by atoms with E-state index in [2.05, 4.69) is 10.6 Å². The third kappa shape index (κ3) is 5.34. The lowest BCUT2D eigenvalue weighted by Gasteiger charge is -2.30. The van der Waals surface area contributed by atoms with Crippen molar-refractivity contribution in [2.45, 2.75) is 19.1 Å². The molecule has 0 aromatic carbocycles. The van der Waals surface area contributed by atoms with Crippen molar-refractivity contribution < 1.29 is 28.7 Å². The Hall–Kier alpha value is -1.90. The van der Waals surface area contributed by atoms with Crippen molar-refractivity contribution in [2.24, 2.45) is 0 Å². The third-order valence-corrected chi connectivity index (χ3v) is 3.75. The van der Waals surface area contributed by atoms with Crippen LogP contribution in [0.3, 0.4) is 0 Å². The number of morpholine rings is 1. The van der Waals surface area contributed by atoms with Gasteiger partial charge in [0.2, 0.25) is 0 Å². The first-order valence-electron chi connectivity index (χ1n) is 7.77. The number of hydrogen-bond acceptors (Lipinski definition) is 5. The molecule has 1 aromatic heterocycles. The number of ether oxygens (including phenoxy) is 1. The van der Waals surface area contributed by atoms with Gasteiger partial charge in [-0.2, -0.15) is 0 Å². The Morgan fingerprint density at radius 1 is 1.26 bits per heavy atom. The Morgan fingerprint density at radius 2 is 1.91 bits per heavy atom. The average molecular weight is 326 g/mol. The molecule has 1 aliphatic heterocycles. The van der Waals surface area contributed by atoms with Crippen molar-refractivity contribution in [3.63, 3.8) is 0 Å². The minimum absolute atomic E-state index is 0.0442. The molecule has 1 aliphatic rings. The maximum Gasteiger partial charge on any atom is 0.309 e. The molecule has 0 spiro atoms. The summed E-state index contributed by atoms with van der Waals surface area (Å²) in [6.07, 6.45) is 0.903. The Labute approximate surface area is 134 Å². The lowest BCUT2D eigenvalue weighted by Crippen LogP contribution is -3.15. The molecule has 2 rings (SSSR count). The summed E-state index contributed by atoms with van der Waals surface area (Å²) in [5, 5.41) is 14.1. The number of carbonyl (C=O) groups excluding carboxylic acids is 2. The van der Waals surface area contributed by atoms with E-state index < -0.39 is 17.9 Å². The van der Waals surface area contributed by atoms with Crippen LogP contribution in [0.5, 0.6) is 0 Å². The van der Waals surface area contributed by atoms with Gasteiger partial charge in [-0.05, 0) is 19.1 Å². The number of furan rings is 1. The second-order valence-electron chi connectivity index (χ2n) is 5.61. The summed E-state index contributed by atoms with van der Waals surface area (Å²) in [5.74, 6) is -0.692. The summed E-state index contributed by atoms with van der Waals surface area (Å²) >= 11 is 0. The Morgan fingerprint density at radius 3 is 2.48 bits per heavy atom. The minimum Gasteiger partial charge on any atom is -0.463 e. The summed E-state index contributed by atoms with van der Waals surface area (Å²) in [7, 11) is 0. The second-order valence-corrected chi connectivity index (χ2v) is 5.61. The van der Waals surface area contributed by atoms with Crippen LogP contribution in [0.4, 0.5) is 0 Å². The zero-order valence-corrected chi connectivity index (χ0v) is 13.2. The number of amides is 2. The predicted molar refractivity (Wildman–Crippen MR) is 80.7 cm³/mol. The molecule has 1 saturated heterocycles. The van der Waals surface area contributed by atoms with E-state index in [4.69, 9.17) is 14.3 Å². The van der Waals surface area contributed by atoms with Crippen LogP contribution in [-0.2, 0) is 14.3 Å². The fraction of sp³-hybridized carbons (Fsp3) is 0.600. The van der Waals surface area contributed by atoms with Crippen LogP contribution in [0.15, 0.2) is 22.8 Å². The first-order valence-corrected chi connectivity index (χ1v) is 7.77. The van der Waals surface area contributed by atoms with E-state index in [9.17, 15) is 9.59 Å². The highest BCUT2D eigenvalue weighted by atomic mass is 16.5. The Balaban J connectivity index is 1.90. The number of hydrogen-bond donors (Lipinski definition) is 4. The van der Waals surface area contributed by atoms with Gasteiger partial charge < -0.3 is 29.8 Å². The molecule has 0 bridgehead atoms. The van der Waals surface area contributed by atoms with Crippen molar-refractivity contribution in [2.75, 3.05) is 39.4 Å². The summed E-state index contributed by atoms with van der Waals surface area (Å²) in [6, 6.07) is 3.61. The van der Waals surface area contributed by atoms with Crippen LogP contribution in [0.2, 0.25) is 0 Å². The number of rotatable bonds is 6. The molecular formula is C15H24N3O5+. The highest BCUT2D eigenvalue weighted by molar-refractivity contribution is 6.35. The van der Waals surface area contributed by atoms with Crippen molar-refractivity contribution in [1.29, 1.82) is 0 Å². The van der Waals surface area contributed by atoms with Gasteiger partial charge in [-0.25, -0.2) is 0 Å². The van der Waals surface area contributed by atoms with Gasteiger partial charge in [0.05, 0.1) is 32.1 Å². The summed E-state index contributed by atoms with van der Waals surface area (Å²) < 4.78 is 10.8. The fourth-order valence-electron chi connectivity index (χ4n) is 2.51. The number of carbonyl (C=O) groups is 2. The summed E-state index contributed by atoms with van der Waals surface area (Å²) in [4.78, 5) is 24.7. The maximum absolute atomic E-state index is 11.8. The number of aliphatic hydroxyl groups excluding tert-OH is 1. The lowest BCUT2D eigenvalue weighted by atomic mass is 10.1. The fourth-order valence-corrected chi connectivity index (χ4v) is 2.51. The van der Waals surface area contributed by atoms with Gasteiger partial charge in [-0.15, -0.1) is 0 Å². The van der Waals surface area contributed by atoms with Gasteiger partial charge in [0.15, 0.2) is 11.8 Å². The van der Waals surface area contributed by atoms with E-state index in [1.54, 1.807) is 12.3 Å². The zero-order valence-electron chi connectivity index (χ0n) is 13.2. The van der Waals surface area contributed by atoms with Gasteiger partial charge in [0.1, 0.15) is 13.1 Å². The van der Waals surface area contributed by atoms with E-state index in [0.29, 0.717) is 19.8 Å². The molecule has 128 valence electrons. The molecule has 8 nitrogen and oxygen atoms in total. The standard InChI is InChI=1S/C15H23N3O5/c1-11(19)9-16-14(20)15(21)17-10-12(13-3-2-6-23-13)18-4-7-22-8-5-18/h2-3,6,11-12,19H,4-5,7-10H2,1H3,(H,16,20)(H,17,21)/p+1/t11-,12-/m0/s1. The highest BCUT2D eigenvalue weighted by Crippen LogP contribution is 2.09. The molecule has 4 N–H and O–H groups in total. The minimum atomic E-state index is -0.749. The topological polar surface area (TPSA) is 105 Å². The van der Waals surface area contributed by atoms with Gasteiger partial charge in [-0.3, -0.25) is 9.59 Å². The molecule has 8 heteroatoms. The molecule has 2 atom stereocenters. The number of quaternary nitrogens is 1. The van der Waals surface area contributed by atoms with E-state index >= 15 is 0 Å². The molecule has 0 unspecified atom stereocenters. The van der Waals surface area contributed by atoms with Gasteiger partial charge in [0, 0.05) is 6.54 Å². The van der Waals surface area contributed by atoms with Crippen molar-refractivity contribution in [1.82, 2.24) is 10.6 Å². The normalized spacial score (nSPS) is 18.2. The van der Waals surface area contributed by atoms with Crippen molar-refractivity contribution >= 4 is 11.8 Å². The van der Waals surface area contributed by atoms with Crippen molar-refractivity contribution in [3.05, 3.63) is 24.2 Å². The van der Waals surface area contributed by atoms with Crippen LogP contribution in [0, 0.1) is 0 Å². The summed E-state index contributed by atoms with van der Waals surface area (Å²) in [5.41, 5.74) is 0. The van der Waals surface area contributed by atoms with Gasteiger partial charge in [0.25, 0.3) is 0 Å². The van der Waals surface area contributed by atoms with Crippen LogP contribution >= 0.6 is 0 Å². The monoisotopic (exact) mass is 326 g/mol. The van der Waals surface area contributed by atoms with Crippen LogP contribution < -0.4 is 15.5 Å². The number of aliphatic hydroxyl groups is 1. The number of nitrogens with one attached hydrogen (secondary N) is 3. The van der Waals surface area contributed by atoms with Gasteiger partial charge in [-0.1, -0.05) is 0 Å². The first-order chi connectivity index (χ1) is 11.1. The van der Waals surface area contributed by atoms with E-state index in [-0.39, 0.29) is 12.6 Å². The third-order valence-electron chi connectivity index (χ3n) is 3.75. The largest absolute Gasteiger partial charge is 0.463 e. The molecule has 1 fully saturated rings. The second kappa shape index (κ2) is 8.66. The molecule has 0 aliphatic carbocycles. The quantitative estimate of drug-likeness (QED) is 0.446. The van der Waals surface area contributed by atoms with Crippen LogP contribution in [0.1, 0.15) is 18.7 Å². The molecule has 2 amide bonds. The molecule has 23 heavy (non-hydrogen) atoms. The Bertz CT molecular complexity index is 497. The molecule has 0 radical (unpaired) electrons. The highest BCUT2D eigenvalue weighted by Gasteiger charge is 2.29. The predicted octanol–water partition coefficient (Wildman–Crippen LogP) is -2.15. The van der Waals surface area contributed by atoms with E-state index in [0.717, 1.165) is 18.8 Å². The first kappa shape index (κ1) is 17.5. The maximum atomic E-state index is 11.8. The van der Waals surface area contributed by atoms with Gasteiger partial charge >= 0.3 is 11.8 Å².